The van der Waals surface area contributed by atoms with Gasteiger partial charge in [-0.05, 0) is 5.92 Å². The highest BCUT2D eigenvalue weighted by Crippen LogP contribution is 2.40. The number of aliphatic carboxylic acids is 1. The second-order valence-corrected chi connectivity index (χ2v) is 12.3. The largest absolute Gasteiger partial charge is 0.543 e. The van der Waals surface area contributed by atoms with Crippen molar-refractivity contribution in [1.82, 2.24) is 29.3 Å². The number of nitrogens with one attached hydrogen (secondary N) is 2. The van der Waals surface area contributed by atoms with Gasteiger partial charge in [0.15, 0.2) is 5.13 Å². The number of nitrogens with two attached hydrogens (primary N) is 1. The van der Waals surface area contributed by atoms with Crippen molar-refractivity contribution >= 4 is 74.5 Å². The fourth-order valence-corrected chi connectivity index (χ4v) is 7.37. The minimum atomic E-state index is -1.54. The number of fused-ring (bicyclic) bond motifs is 2. The van der Waals surface area contributed by atoms with Gasteiger partial charge in [0.05, 0.1) is 11.7 Å². The lowest BCUT2D eigenvalue weighted by Crippen LogP contribution is -2.71. The fourth-order valence-electron chi connectivity index (χ4n) is 4.82. The van der Waals surface area contributed by atoms with E-state index < -0.39 is 41.8 Å². The zero-order valence-electron chi connectivity index (χ0n) is 22.1. The van der Waals surface area contributed by atoms with Gasteiger partial charge in [0.1, 0.15) is 36.4 Å². The van der Waals surface area contributed by atoms with Gasteiger partial charge < -0.3 is 31.1 Å². The van der Waals surface area contributed by atoms with Crippen LogP contribution in [0.15, 0.2) is 34.2 Å². The third-order valence-corrected chi connectivity index (χ3v) is 9.28. The van der Waals surface area contributed by atoms with Crippen LogP contribution in [0, 0.1) is 5.92 Å². The number of alkyl halides is 1. The lowest BCUT2D eigenvalue weighted by molar-refractivity contribution is -0.697. The summed E-state index contributed by atoms with van der Waals surface area (Å²) in [6.07, 6.45) is 4.35. The van der Waals surface area contributed by atoms with E-state index in [9.17, 15) is 28.7 Å². The number of thioether (sulfide) groups is 1. The number of nitrogen functional groups attached to an aromatic ring is 1. The van der Waals surface area contributed by atoms with Gasteiger partial charge in [-0.15, -0.1) is 11.8 Å². The number of aromatic nitrogens is 4. The molecule has 0 spiro atoms. The van der Waals surface area contributed by atoms with Gasteiger partial charge in [-0.1, -0.05) is 30.3 Å². The molecule has 2 aliphatic rings. The first kappa shape index (κ1) is 29.4. The quantitative estimate of drug-likeness (QED) is 0.0721. The number of β-lactam (4-membered cyclic amide) rings is 1. The summed E-state index contributed by atoms with van der Waals surface area (Å²) in [5.41, 5.74) is 5.21. The molecule has 3 amide bonds. The second kappa shape index (κ2) is 12.0. The molecular weight excluding hydrogens is 614 g/mol. The van der Waals surface area contributed by atoms with Crippen molar-refractivity contribution in [3.05, 3.63) is 40.7 Å². The summed E-state index contributed by atoms with van der Waals surface area (Å²) in [6, 6.07) is -1.49. The van der Waals surface area contributed by atoms with Crippen LogP contribution in [-0.4, -0.2) is 72.6 Å². The Morgan fingerprint density at radius 3 is 2.86 bits per heavy atom. The zero-order chi connectivity index (χ0) is 30.1. The molecule has 0 unspecified atom stereocenters. The molecule has 222 valence electrons. The number of thiazole rings is 1. The van der Waals surface area contributed by atoms with E-state index in [1.807, 2.05) is 40.6 Å². The number of carbonyl (C=O) groups excluding carboxylic acids is 4. The van der Waals surface area contributed by atoms with Gasteiger partial charge in [0, 0.05) is 28.2 Å². The van der Waals surface area contributed by atoms with Gasteiger partial charge in [0.25, 0.3) is 24.5 Å². The van der Waals surface area contributed by atoms with Crippen molar-refractivity contribution < 1.29 is 38.1 Å². The predicted molar refractivity (Wildman–Crippen MR) is 147 cm³/mol. The Kier molecular flexibility index (Phi) is 8.41. The Morgan fingerprint density at radius 1 is 1.43 bits per heavy atom. The van der Waals surface area contributed by atoms with Crippen LogP contribution in [0.4, 0.5) is 9.52 Å². The number of halogens is 1. The number of anilines is 1. The number of carbonyl (C=O) groups is 4. The van der Waals surface area contributed by atoms with E-state index in [2.05, 4.69) is 30.0 Å². The highest BCUT2D eigenvalue weighted by Gasteiger charge is 2.53. The number of rotatable bonds is 12. The van der Waals surface area contributed by atoms with E-state index >= 15 is 0 Å². The van der Waals surface area contributed by atoms with Crippen molar-refractivity contribution in [1.29, 1.82) is 0 Å². The molecule has 4 N–H and O–H groups in total. The fraction of sp³-hybridized carbons (Fsp3) is 0.391. The number of carboxylic acids is 1. The van der Waals surface area contributed by atoms with Crippen molar-refractivity contribution in [2.45, 2.75) is 37.8 Å². The molecule has 5 heterocycles. The lowest BCUT2D eigenvalue weighted by atomic mass is 10.0. The summed E-state index contributed by atoms with van der Waals surface area (Å²) in [7, 11) is 0. The molecular formula is C23H24FN9O6S3. The minimum absolute atomic E-state index is 0.0140. The summed E-state index contributed by atoms with van der Waals surface area (Å²) in [5.74, 6) is -2.40. The van der Waals surface area contributed by atoms with Crippen LogP contribution in [0.3, 0.4) is 0 Å². The first-order valence-electron chi connectivity index (χ1n) is 12.4. The van der Waals surface area contributed by atoms with E-state index in [-0.39, 0.29) is 40.9 Å². The SMILES string of the molecule is CC(C)[C@@H](NC=O)c1n2ccsc2c[n+]1CC1=C(C(=O)[O-])N2C(=O)[C@@H](NC(=O)/C(=N\OCF)c3nsc(N)n3)[C@H]2SC1. The molecule has 19 heteroatoms. The molecule has 3 aromatic heterocycles. The molecule has 0 bridgehead atoms. The summed E-state index contributed by atoms with van der Waals surface area (Å²) >= 11 is 3.52. The minimum Gasteiger partial charge on any atom is -0.543 e. The topological polar surface area (TPSA) is 200 Å². The smallest absolute Gasteiger partial charge is 0.285 e. The maximum absolute atomic E-state index is 13.2. The number of hydrogen-bond acceptors (Lipinski definition) is 13. The molecule has 0 radical (unpaired) electrons. The van der Waals surface area contributed by atoms with Crippen molar-refractivity contribution in [2.24, 2.45) is 11.1 Å². The number of nitrogens with zero attached hydrogens (tertiary/aromatic N) is 6. The van der Waals surface area contributed by atoms with Gasteiger partial charge in [-0.25, -0.2) is 8.96 Å². The molecule has 0 aliphatic carbocycles. The standard InChI is InChI=1S/C23H24FN9O6S3/c1-10(2)13(26-9-34)19-31(6-12-32(19)3-4-40-12)5-11-7-41-21-15(20(36)33(21)16(11)22(37)38)27-18(35)14(29-39-8-24)17-28-23(25)42-30-17/h3-4,6,9-10,13,15,21H,5,7-8H2,1-2H3,(H4-,25,26,27,28,30,34,35,37,38)/b29-14-/t13-,15-,21-/m1/s1. The average Bonchev–Trinajstić information content (AvgIpc) is 3.67. The third kappa shape index (κ3) is 5.29. The van der Waals surface area contributed by atoms with Gasteiger partial charge >= 0.3 is 0 Å². The van der Waals surface area contributed by atoms with Gasteiger partial charge in [0.2, 0.25) is 22.8 Å². The van der Waals surface area contributed by atoms with Crippen LogP contribution in [0.2, 0.25) is 0 Å². The molecule has 3 aromatic rings. The Bertz CT molecular complexity index is 1620. The number of oxime groups is 1. The molecule has 2 aliphatic heterocycles. The Labute approximate surface area is 249 Å². The van der Waals surface area contributed by atoms with E-state index in [4.69, 9.17) is 5.73 Å². The molecule has 1 saturated heterocycles. The van der Waals surface area contributed by atoms with Gasteiger partial charge in [-0.3, -0.25) is 19.3 Å². The number of imidazole rings is 1. The van der Waals surface area contributed by atoms with Crippen LogP contribution in [0.1, 0.15) is 31.5 Å². The van der Waals surface area contributed by atoms with Crippen LogP contribution >= 0.6 is 34.6 Å². The first-order chi connectivity index (χ1) is 20.2. The Hall–Kier alpha value is -4.10. The second-order valence-electron chi connectivity index (χ2n) is 9.47. The molecule has 5 rings (SSSR count). The summed E-state index contributed by atoms with van der Waals surface area (Å²) in [5, 5.41) is 22.3. The average molecular weight is 638 g/mol. The van der Waals surface area contributed by atoms with E-state index in [0.29, 0.717) is 12.0 Å². The highest BCUT2D eigenvalue weighted by molar-refractivity contribution is 8.00. The summed E-state index contributed by atoms with van der Waals surface area (Å²) in [6.45, 7) is 2.70. The Balaban J connectivity index is 1.41. The van der Waals surface area contributed by atoms with Crippen molar-refractivity contribution in [2.75, 3.05) is 18.3 Å². The lowest BCUT2D eigenvalue weighted by Gasteiger charge is -2.50. The zero-order valence-corrected chi connectivity index (χ0v) is 24.5. The van der Waals surface area contributed by atoms with Crippen LogP contribution in [0.25, 0.3) is 4.83 Å². The van der Waals surface area contributed by atoms with Crippen LogP contribution in [0.5, 0.6) is 0 Å². The number of carboxylic acid groups (broad SMARTS) is 1. The van der Waals surface area contributed by atoms with Gasteiger partial charge in [-0.2, -0.15) is 13.8 Å². The summed E-state index contributed by atoms with van der Waals surface area (Å²) < 4.78 is 20.2. The normalized spacial score (nSPS) is 19.5. The maximum Gasteiger partial charge on any atom is 0.285 e. The number of hydrogen-bond donors (Lipinski definition) is 3. The highest BCUT2D eigenvalue weighted by atomic mass is 32.2. The third-order valence-electron chi connectivity index (χ3n) is 6.60. The van der Waals surface area contributed by atoms with E-state index in [0.717, 1.165) is 27.1 Å². The van der Waals surface area contributed by atoms with Crippen LogP contribution in [-0.2, 0) is 30.6 Å². The monoisotopic (exact) mass is 637 g/mol. The van der Waals surface area contributed by atoms with E-state index in [1.165, 1.54) is 23.1 Å². The molecule has 3 atom stereocenters. The molecule has 1 fully saturated rings. The van der Waals surface area contributed by atoms with Crippen molar-refractivity contribution in [3.8, 4) is 0 Å². The molecule has 0 aromatic carbocycles. The van der Waals surface area contributed by atoms with Crippen molar-refractivity contribution in [3.63, 3.8) is 0 Å². The Morgan fingerprint density at radius 2 is 2.21 bits per heavy atom. The number of amides is 3. The predicted octanol–water partition coefficient (Wildman–Crippen LogP) is -1.08. The summed E-state index contributed by atoms with van der Waals surface area (Å²) in [4.78, 5) is 60.1. The first-order valence-corrected chi connectivity index (χ1v) is 15.1. The molecule has 15 nitrogen and oxygen atoms in total. The molecule has 0 saturated carbocycles. The maximum atomic E-state index is 13.2. The van der Waals surface area contributed by atoms with Crippen LogP contribution < -0.4 is 26.0 Å². The van der Waals surface area contributed by atoms with E-state index in [1.54, 1.807) is 0 Å². The molecule has 42 heavy (non-hydrogen) atoms.